The number of hydrogen-bond donors (Lipinski definition) is 1. The Labute approximate surface area is 113 Å². The first-order chi connectivity index (χ1) is 9.08. The second-order valence-electron chi connectivity index (χ2n) is 5.09. The highest BCUT2D eigenvalue weighted by Gasteiger charge is 2.33. The summed E-state index contributed by atoms with van der Waals surface area (Å²) < 4.78 is 31.9. The summed E-state index contributed by atoms with van der Waals surface area (Å²) in [6.45, 7) is 1.15. The van der Waals surface area contributed by atoms with E-state index in [2.05, 4.69) is 0 Å². The van der Waals surface area contributed by atoms with Crippen molar-refractivity contribution in [2.24, 2.45) is 0 Å². The average molecular weight is 282 g/mol. The monoisotopic (exact) mass is 282 g/mol. The lowest BCUT2D eigenvalue weighted by atomic mass is 10.1. The summed E-state index contributed by atoms with van der Waals surface area (Å²) in [5.74, 6) is 0.0563. The van der Waals surface area contributed by atoms with Crippen LogP contribution in [0.25, 0.3) is 0 Å². The predicted octanol–water partition coefficient (Wildman–Crippen LogP) is 1.14. The summed E-state index contributed by atoms with van der Waals surface area (Å²) in [6.07, 6.45) is 2.33. The summed E-state index contributed by atoms with van der Waals surface area (Å²) in [7, 11) is -3.35. The van der Waals surface area contributed by atoms with Gasteiger partial charge in [0.1, 0.15) is 0 Å². The third-order valence-corrected chi connectivity index (χ3v) is 5.57. The molecule has 3 rings (SSSR count). The molecule has 1 fully saturated rings. The topological polar surface area (TPSA) is 72.6 Å². The molecule has 6 heteroatoms. The average Bonchev–Trinajstić information content (AvgIpc) is 2.97. The van der Waals surface area contributed by atoms with Crippen LogP contribution in [0.4, 0.5) is 11.4 Å². The van der Waals surface area contributed by atoms with Crippen LogP contribution >= 0.6 is 0 Å². The standard InChI is InChI=1S/C13H18N2O3S/c14-12-5-1-3-10-6-7-15(13(10)12)19(16,17)9-11-4-2-8-18-11/h1,3,5,11H,2,4,6-9,14H2. The van der Waals surface area contributed by atoms with Gasteiger partial charge < -0.3 is 10.5 Å². The molecule has 1 saturated heterocycles. The van der Waals surface area contributed by atoms with E-state index in [0.717, 1.165) is 24.8 Å². The van der Waals surface area contributed by atoms with Gasteiger partial charge in [-0.25, -0.2) is 8.42 Å². The van der Waals surface area contributed by atoms with Crippen molar-refractivity contribution in [3.8, 4) is 0 Å². The van der Waals surface area contributed by atoms with Gasteiger partial charge >= 0.3 is 0 Å². The Hall–Kier alpha value is -1.27. The normalized spacial score (nSPS) is 22.7. The van der Waals surface area contributed by atoms with Crippen LogP contribution in [0, 0.1) is 0 Å². The first-order valence-electron chi connectivity index (χ1n) is 6.57. The summed E-state index contributed by atoms with van der Waals surface area (Å²) in [5.41, 5.74) is 8.14. The van der Waals surface area contributed by atoms with Crippen LogP contribution in [-0.4, -0.2) is 33.4 Å². The lowest BCUT2D eigenvalue weighted by Gasteiger charge is -2.22. The minimum absolute atomic E-state index is 0.0563. The number of nitrogen functional groups attached to an aromatic ring is 1. The zero-order chi connectivity index (χ0) is 13.5. The van der Waals surface area contributed by atoms with Crippen LogP contribution in [0.2, 0.25) is 0 Å². The summed E-state index contributed by atoms with van der Waals surface area (Å²) in [4.78, 5) is 0. The quantitative estimate of drug-likeness (QED) is 0.844. The molecule has 19 heavy (non-hydrogen) atoms. The van der Waals surface area contributed by atoms with E-state index in [9.17, 15) is 8.42 Å². The maximum absolute atomic E-state index is 12.5. The largest absolute Gasteiger partial charge is 0.397 e. The smallest absolute Gasteiger partial charge is 0.237 e. The van der Waals surface area contributed by atoms with Crippen molar-refractivity contribution in [1.29, 1.82) is 0 Å². The second-order valence-corrected chi connectivity index (χ2v) is 7.03. The summed E-state index contributed by atoms with van der Waals surface area (Å²) in [6, 6.07) is 5.55. The Morgan fingerprint density at radius 2 is 2.26 bits per heavy atom. The molecule has 0 aliphatic carbocycles. The number of hydrogen-bond acceptors (Lipinski definition) is 4. The van der Waals surface area contributed by atoms with E-state index in [1.54, 1.807) is 6.07 Å². The van der Waals surface area contributed by atoms with Crippen LogP contribution in [0.3, 0.4) is 0 Å². The van der Waals surface area contributed by atoms with Gasteiger partial charge in [-0.15, -0.1) is 0 Å². The Bertz CT molecular complexity index is 580. The molecule has 104 valence electrons. The maximum atomic E-state index is 12.5. The van der Waals surface area contributed by atoms with Crippen molar-refractivity contribution >= 4 is 21.4 Å². The Morgan fingerprint density at radius 1 is 1.42 bits per heavy atom. The number of nitrogens with zero attached hydrogens (tertiary/aromatic N) is 1. The van der Waals surface area contributed by atoms with Crippen LogP contribution < -0.4 is 10.0 Å². The van der Waals surface area contributed by atoms with Crippen molar-refractivity contribution < 1.29 is 13.2 Å². The van der Waals surface area contributed by atoms with Gasteiger partial charge in [-0.2, -0.15) is 0 Å². The first-order valence-corrected chi connectivity index (χ1v) is 8.18. The molecule has 0 aromatic heterocycles. The van der Waals surface area contributed by atoms with Crippen molar-refractivity contribution in [3.05, 3.63) is 23.8 Å². The molecule has 2 aliphatic heterocycles. The van der Waals surface area contributed by atoms with Gasteiger partial charge in [0.05, 0.1) is 23.2 Å². The number of anilines is 2. The van der Waals surface area contributed by atoms with Crippen molar-refractivity contribution in [2.75, 3.05) is 28.9 Å². The van der Waals surface area contributed by atoms with Gasteiger partial charge in [0, 0.05) is 13.2 Å². The summed E-state index contributed by atoms with van der Waals surface area (Å²) in [5, 5.41) is 0. The van der Waals surface area contributed by atoms with Gasteiger partial charge in [-0.3, -0.25) is 4.31 Å². The predicted molar refractivity (Wildman–Crippen MR) is 74.7 cm³/mol. The van der Waals surface area contributed by atoms with E-state index < -0.39 is 10.0 Å². The van der Waals surface area contributed by atoms with Crippen LogP contribution in [0.15, 0.2) is 18.2 Å². The molecule has 0 spiro atoms. The molecule has 0 saturated carbocycles. The number of nitrogens with two attached hydrogens (primary N) is 1. The van der Waals surface area contributed by atoms with Gasteiger partial charge in [-0.05, 0) is 30.9 Å². The lowest BCUT2D eigenvalue weighted by Crippen LogP contribution is -2.35. The number of fused-ring (bicyclic) bond motifs is 1. The maximum Gasteiger partial charge on any atom is 0.237 e. The first kappa shape index (κ1) is 12.7. The van der Waals surface area contributed by atoms with E-state index in [4.69, 9.17) is 10.5 Å². The van der Waals surface area contributed by atoms with Crippen LogP contribution in [-0.2, 0) is 21.2 Å². The molecule has 0 bridgehead atoms. The Morgan fingerprint density at radius 3 is 3.00 bits per heavy atom. The molecule has 0 amide bonds. The fourth-order valence-corrected chi connectivity index (χ4v) is 4.61. The minimum Gasteiger partial charge on any atom is -0.397 e. The van der Waals surface area contributed by atoms with Gasteiger partial charge in [0.25, 0.3) is 0 Å². The molecule has 1 aromatic carbocycles. The Balaban J connectivity index is 1.88. The lowest BCUT2D eigenvalue weighted by molar-refractivity contribution is 0.127. The molecule has 1 aromatic rings. The third-order valence-electron chi connectivity index (χ3n) is 3.74. The fourth-order valence-electron chi connectivity index (χ4n) is 2.83. The van der Waals surface area contributed by atoms with Gasteiger partial charge in [0.2, 0.25) is 10.0 Å². The molecule has 0 radical (unpaired) electrons. The molecule has 2 aliphatic rings. The zero-order valence-corrected chi connectivity index (χ0v) is 11.5. The van der Waals surface area contributed by atoms with Crippen LogP contribution in [0.5, 0.6) is 0 Å². The van der Waals surface area contributed by atoms with Crippen molar-refractivity contribution in [2.45, 2.75) is 25.4 Å². The number of rotatable bonds is 3. The fraction of sp³-hybridized carbons (Fsp3) is 0.538. The van der Waals surface area contributed by atoms with Gasteiger partial charge in [0.15, 0.2) is 0 Å². The molecule has 2 N–H and O–H groups in total. The highest BCUT2D eigenvalue weighted by atomic mass is 32.2. The van der Waals surface area contributed by atoms with E-state index in [1.165, 1.54) is 4.31 Å². The minimum atomic E-state index is -3.35. The third kappa shape index (κ3) is 2.30. The van der Waals surface area contributed by atoms with E-state index in [0.29, 0.717) is 24.5 Å². The van der Waals surface area contributed by atoms with Crippen molar-refractivity contribution in [1.82, 2.24) is 0 Å². The van der Waals surface area contributed by atoms with E-state index in [1.807, 2.05) is 12.1 Å². The number of ether oxygens (including phenoxy) is 1. The number of para-hydroxylation sites is 1. The Kier molecular flexibility index (Phi) is 3.14. The summed E-state index contributed by atoms with van der Waals surface area (Å²) >= 11 is 0. The van der Waals surface area contributed by atoms with Crippen molar-refractivity contribution in [3.63, 3.8) is 0 Å². The SMILES string of the molecule is Nc1cccc2c1N(S(=O)(=O)CC1CCCO1)CC2. The molecule has 1 atom stereocenters. The molecule has 1 unspecified atom stereocenters. The van der Waals surface area contributed by atoms with Crippen LogP contribution in [0.1, 0.15) is 18.4 Å². The number of sulfonamides is 1. The highest BCUT2D eigenvalue weighted by molar-refractivity contribution is 7.92. The molecule has 2 heterocycles. The van der Waals surface area contributed by atoms with E-state index in [-0.39, 0.29) is 11.9 Å². The molecular weight excluding hydrogens is 264 g/mol. The highest BCUT2D eigenvalue weighted by Crippen LogP contribution is 2.36. The number of benzene rings is 1. The molecular formula is C13H18N2O3S. The zero-order valence-electron chi connectivity index (χ0n) is 10.7. The second kappa shape index (κ2) is 4.68. The van der Waals surface area contributed by atoms with Gasteiger partial charge in [-0.1, -0.05) is 12.1 Å². The molecule has 5 nitrogen and oxygen atoms in total. The van der Waals surface area contributed by atoms with E-state index >= 15 is 0 Å².